The van der Waals surface area contributed by atoms with Gasteiger partial charge in [-0.15, -0.1) is 0 Å². The number of carbonyl (C=O) groups excluding carboxylic acids is 8. The molecule has 34 heteroatoms. The number of allylic oxidation sites excluding steroid dienone is 4. The first kappa shape index (κ1) is 86.3. The van der Waals surface area contributed by atoms with Crippen molar-refractivity contribution in [3.63, 3.8) is 0 Å². The minimum absolute atomic E-state index is 0.0223. The van der Waals surface area contributed by atoms with Gasteiger partial charge >= 0.3 is 24.3 Å². The van der Waals surface area contributed by atoms with Crippen molar-refractivity contribution in [2.24, 2.45) is 58.2 Å². The lowest BCUT2D eigenvalue weighted by molar-refractivity contribution is -0.257. The molecule has 2 N–H and O–H groups in total. The normalized spacial score (nSPS) is 29.9. The van der Waals surface area contributed by atoms with Crippen LogP contribution in [-0.4, -0.2) is 169 Å². The molecule has 24 nitrogen and oxygen atoms in total. The van der Waals surface area contributed by atoms with E-state index in [4.69, 9.17) is 28.4 Å². The Morgan fingerprint density at radius 1 is 0.535 bits per heavy atom. The number of ketones is 2. The average molecular weight is 1650 g/mol. The molecule has 0 bridgehead atoms. The lowest BCUT2D eigenvalue weighted by Gasteiger charge is -2.33. The Kier molecular flexibility index (Phi) is 24.6. The number of sulfonamides is 2. The zero-order valence-electron chi connectivity index (χ0n) is 65.1. The largest absolute Gasteiger partial charge is 0.494 e. The van der Waals surface area contributed by atoms with Gasteiger partial charge in [-0.2, -0.15) is 26.3 Å². The Bertz CT molecular complexity index is 4400. The van der Waals surface area contributed by atoms with Crippen molar-refractivity contribution in [3.8, 4) is 23.3 Å². The van der Waals surface area contributed by atoms with Crippen molar-refractivity contribution in [2.75, 3.05) is 27.3 Å². The predicted octanol–water partition coefficient (Wildman–Crippen LogP) is 12.7. The highest BCUT2D eigenvalue weighted by Crippen LogP contribution is 2.60. The molecular weight excluding hydrogens is 1550 g/mol. The van der Waals surface area contributed by atoms with Gasteiger partial charge in [0, 0.05) is 72.9 Å². The second-order valence-electron chi connectivity index (χ2n) is 33.4. The Hall–Kier alpha value is -8.56. The maximum atomic E-state index is 14.8. The van der Waals surface area contributed by atoms with E-state index in [1.165, 1.54) is 36.4 Å². The number of esters is 2. The van der Waals surface area contributed by atoms with Crippen LogP contribution in [0.1, 0.15) is 171 Å². The maximum Gasteiger partial charge on any atom is 0.427 e. The van der Waals surface area contributed by atoms with E-state index in [-0.39, 0.29) is 88.1 Å². The molecule has 14 atom stereocenters. The lowest BCUT2D eigenvalue weighted by atomic mass is 9.82. The van der Waals surface area contributed by atoms with Crippen molar-refractivity contribution in [3.05, 3.63) is 85.2 Å². The number of nitrogens with zero attached hydrogens (tertiary/aromatic N) is 4. The minimum Gasteiger partial charge on any atom is -0.494 e. The molecule has 2 aromatic carbocycles. The van der Waals surface area contributed by atoms with Crippen molar-refractivity contribution in [1.82, 2.24) is 29.2 Å². The number of carbonyl (C=O) groups is 8. The van der Waals surface area contributed by atoms with Crippen LogP contribution in [0.3, 0.4) is 0 Å². The number of rotatable bonds is 18. The molecule has 6 heterocycles. The summed E-state index contributed by atoms with van der Waals surface area (Å²) in [6, 6.07) is 11.8. The number of alkyl halides is 8. The number of pyridine rings is 2. The van der Waals surface area contributed by atoms with E-state index in [0.29, 0.717) is 71.6 Å². The Balaban J connectivity index is 0.000000225. The van der Waals surface area contributed by atoms with E-state index >= 15 is 0 Å². The first-order valence-corrected chi connectivity index (χ1v) is 41.4. The van der Waals surface area contributed by atoms with Crippen LogP contribution in [-0.2, 0) is 67.9 Å². The molecule has 4 amide bonds. The zero-order chi connectivity index (χ0) is 83.4. The lowest BCUT2D eigenvalue weighted by Crippen LogP contribution is -2.48. The smallest absolute Gasteiger partial charge is 0.427 e. The van der Waals surface area contributed by atoms with E-state index in [0.717, 1.165) is 27.7 Å². The molecule has 0 spiro atoms. The van der Waals surface area contributed by atoms with Crippen LogP contribution in [0, 0.1) is 58.2 Å². The summed E-state index contributed by atoms with van der Waals surface area (Å²) in [5.41, 5.74) is -8.75. The topological polar surface area (TPSA) is 317 Å². The van der Waals surface area contributed by atoms with Crippen LogP contribution in [0.5, 0.6) is 23.3 Å². The summed E-state index contributed by atoms with van der Waals surface area (Å²) in [5.74, 6) is -10.3. The van der Waals surface area contributed by atoms with Crippen molar-refractivity contribution < 1.29 is 119 Å². The standard InChI is InChI=1S/2C40H49F4N3O9S/c2*1-23-10-6-7-11-25-19-38(25,36(51)46-57(52,53)39(41)14-15-39)20-31(48)30-17-26(55-34-28-13-9-8-12-27(28)32(54-5)21-45-34)22-47(30)35(50)29(24(2)16-23)18-33(49)56-37(3,4)40(42,43)44/h2*7-9,11-13,21,23-26,29-30H,6,10,14-20,22H2,1-5H3,(H,46,51)/b2*11-7-/t23-,24+,25+,26+,29-,30-,38+;23-,24-,25-,26-,29+,30+,38-/m01/s1. The summed E-state index contributed by atoms with van der Waals surface area (Å²) in [7, 11) is -6.40. The number of hydrogen-bond acceptors (Lipinski definition) is 20. The number of halogens is 8. The Morgan fingerprint density at radius 2 is 0.877 bits per heavy atom. The number of fused-ring (bicyclic) bond motifs is 6. The van der Waals surface area contributed by atoms with Gasteiger partial charge in [0.15, 0.2) is 11.6 Å². The first-order valence-electron chi connectivity index (χ1n) is 38.5. The van der Waals surface area contributed by atoms with Gasteiger partial charge in [0.05, 0.1) is 87.3 Å². The summed E-state index contributed by atoms with van der Waals surface area (Å²) >= 11 is 0. The molecule has 4 aromatic rings. The highest BCUT2D eigenvalue weighted by Gasteiger charge is 2.66. The molecule has 4 aliphatic carbocycles. The fourth-order valence-corrected chi connectivity index (χ4v) is 18.7. The van der Waals surface area contributed by atoms with Gasteiger partial charge in [-0.3, -0.25) is 38.4 Å². The van der Waals surface area contributed by atoms with Gasteiger partial charge < -0.3 is 38.2 Å². The molecule has 624 valence electrons. The zero-order valence-corrected chi connectivity index (χ0v) is 66.8. The van der Waals surface area contributed by atoms with Gasteiger partial charge in [0.1, 0.15) is 23.7 Å². The number of ether oxygens (including phenoxy) is 6. The second-order valence-corrected chi connectivity index (χ2v) is 37.3. The monoisotopic (exact) mass is 1650 g/mol. The average Bonchev–Trinajstić information content (AvgIpc) is 1.57. The molecule has 6 fully saturated rings. The Morgan fingerprint density at radius 3 is 1.20 bits per heavy atom. The first-order chi connectivity index (χ1) is 53.2. The van der Waals surface area contributed by atoms with Gasteiger partial charge in [-0.05, 0) is 127 Å². The molecule has 114 heavy (non-hydrogen) atoms. The molecule has 12 rings (SSSR count). The molecule has 0 radical (unpaired) electrons. The number of methoxy groups -OCH3 is 2. The van der Waals surface area contributed by atoms with Crippen LogP contribution >= 0.6 is 0 Å². The number of hydrogen-bond donors (Lipinski definition) is 2. The van der Waals surface area contributed by atoms with Gasteiger partial charge in [-0.25, -0.2) is 45.0 Å². The van der Waals surface area contributed by atoms with Gasteiger partial charge in [-0.1, -0.05) is 88.4 Å². The van der Waals surface area contributed by atoms with E-state index < -0.39 is 197 Å². The molecule has 0 unspecified atom stereocenters. The number of nitrogens with one attached hydrogen (secondary N) is 2. The minimum atomic E-state index is -4.88. The molecular formula is C80H98F8N6O18S2. The third-order valence-corrected chi connectivity index (χ3v) is 27.6. The molecule has 4 aliphatic heterocycles. The van der Waals surface area contributed by atoms with Crippen molar-refractivity contribution in [1.29, 1.82) is 0 Å². The highest BCUT2D eigenvalue weighted by molar-refractivity contribution is 7.91. The van der Waals surface area contributed by atoms with E-state index in [2.05, 4.69) is 9.97 Å². The fourth-order valence-electron chi connectivity index (χ4n) is 16.2. The van der Waals surface area contributed by atoms with Crippen LogP contribution in [0.15, 0.2) is 85.2 Å². The third kappa shape index (κ3) is 18.3. The van der Waals surface area contributed by atoms with Crippen LogP contribution in [0.4, 0.5) is 35.1 Å². The molecule has 2 aromatic heterocycles. The SMILES string of the molecule is COc1cnc(O[C@@H]2C[C@H]3C(=O)C[C@]4(C(=O)NS(=O)(=O)C5(F)CC5)C[C@H]4/C=C\CC[C@@H](C)C[C@@H](C)[C@H](CC(=O)OC(C)(C)C(F)(F)F)C(=O)N3C2)c2ccccc12.COc1cnc(O[C@@H]2C[C@H]3C(=O)C[C@]4(C(=O)NS(=O)(=O)C5(F)CC5)C[C@H]4/C=C\CC[C@H](C)C[C@@H](C)[C@H](CC(=O)OC(C)(C)C(F)(F)F)C(=O)N3C2)c2ccccc12. The molecule has 2 saturated heterocycles. The van der Waals surface area contributed by atoms with E-state index in [9.17, 15) is 90.3 Å². The van der Waals surface area contributed by atoms with Gasteiger partial charge in [0.25, 0.3) is 20.0 Å². The number of amides is 4. The molecule has 4 saturated carbocycles. The third-order valence-electron chi connectivity index (χ3n) is 24.0. The fraction of sp³-hybridized carbons (Fsp3) is 0.625. The maximum absolute atomic E-state index is 14.8. The summed E-state index contributed by atoms with van der Waals surface area (Å²) in [6.45, 7) is 9.86. The number of Topliss-reactive ketones (excluding diaryl/α,β-unsaturated/α-hetero) is 2. The summed E-state index contributed by atoms with van der Waals surface area (Å²) in [6.07, 6.45) is -1.59. The predicted molar refractivity (Wildman–Crippen MR) is 398 cm³/mol. The second kappa shape index (κ2) is 32.5. The summed E-state index contributed by atoms with van der Waals surface area (Å²) in [5, 5.41) is -2.60. The van der Waals surface area contributed by atoms with Crippen molar-refractivity contribution >= 4 is 88.7 Å². The van der Waals surface area contributed by atoms with Crippen LogP contribution in [0.2, 0.25) is 0 Å². The molecule has 8 aliphatic rings. The summed E-state index contributed by atoms with van der Waals surface area (Å²) < 4.78 is 201. The quantitative estimate of drug-likeness (QED) is 0.0531. The van der Waals surface area contributed by atoms with E-state index in [1.807, 2.05) is 35.4 Å². The highest BCUT2D eigenvalue weighted by atomic mass is 32.2. The van der Waals surface area contributed by atoms with Crippen molar-refractivity contribution in [2.45, 2.75) is 229 Å². The van der Waals surface area contributed by atoms with Crippen LogP contribution in [0.25, 0.3) is 21.5 Å². The Labute approximate surface area is 656 Å². The van der Waals surface area contributed by atoms with Crippen LogP contribution < -0.4 is 28.4 Å². The van der Waals surface area contributed by atoms with E-state index in [1.54, 1.807) is 74.5 Å². The summed E-state index contributed by atoms with van der Waals surface area (Å²) in [4.78, 5) is 124. The number of benzene rings is 2. The van der Waals surface area contributed by atoms with Gasteiger partial charge in [0.2, 0.25) is 56.6 Å². The number of aromatic nitrogens is 2.